The molecular formula is C33H39N3O6. The average molecular weight is 574 g/mol. The van der Waals surface area contributed by atoms with Crippen molar-refractivity contribution in [2.75, 3.05) is 14.2 Å². The molecule has 2 amide bonds. The fraction of sp³-hybridized carbons (Fsp3) is 0.394. The molecule has 9 nitrogen and oxygen atoms in total. The fourth-order valence-corrected chi connectivity index (χ4v) is 5.32. The van der Waals surface area contributed by atoms with E-state index in [2.05, 4.69) is 4.98 Å². The van der Waals surface area contributed by atoms with E-state index in [0.717, 1.165) is 17.5 Å². The van der Waals surface area contributed by atoms with Crippen LogP contribution in [0.25, 0.3) is 0 Å². The minimum absolute atomic E-state index is 0.165. The molecule has 2 aromatic carbocycles. The molecule has 3 aromatic rings. The fourth-order valence-electron chi connectivity index (χ4n) is 5.32. The summed E-state index contributed by atoms with van der Waals surface area (Å²) in [5.74, 6) is -0.658. The summed E-state index contributed by atoms with van der Waals surface area (Å²) in [6, 6.07) is 17.8. The van der Waals surface area contributed by atoms with Crippen molar-refractivity contribution in [3.8, 4) is 0 Å². The SMILES string of the molecule is COC(=O)c1cncc(CN(C)C(=O)c2ccc(C[C@@H]3CC[C@H]([C@H](O)c4ccccc4)N3C(=O)OC(C)(C)C)cc2)c1. The highest BCUT2D eigenvalue weighted by Gasteiger charge is 2.42. The van der Waals surface area contributed by atoms with E-state index in [1.165, 1.54) is 13.3 Å². The van der Waals surface area contributed by atoms with E-state index in [1.54, 1.807) is 41.2 Å². The van der Waals surface area contributed by atoms with Gasteiger partial charge in [0.1, 0.15) is 5.60 Å². The van der Waals surface area contributed by atoms with Gasteiger partial charge in [0, 0.05) is 37.6 Å². The van der Waals surface area contributed by atoms with E-state index < -0.39 is 29.8 Å². The van der Waals surface area contributed by atoms with Gasteiger partial charge in [0.25, 0.3) is 5.91 Å². The third-order valence-corrected chi connectivity index (χ3v) is 7.31. The summed E-state index contributed by atoms with van der Waals surface area (Å²) >= 11 is 0. The average Bonchev–Trinajstić information content (AvgIpc) is 3.39. The predicted molar refractivity (Wildman–Crippen MR) is 158 cm³/mol. The van der Waals surface area contributed by atoms with Crippen molar-refractivity contribution in [3.05, 3.63) is 101 Å². The Morgan fingerprint density at radius 1 is 1.00 bits per heavy atom. The Morgan fingerprint density at radius 3 is 2.33 bits per heavy atom. The third kappa shape index (κ3) is 7.53. The van der Waals surface area contributed by atoms with Crippen LogP contribution >= 0.6 is 0 Å². The van der Waals surface area contributed by atoms with Crippen molar-refractivity contribution in [1.82, 2.24) is 14.8 Å². The zero-order valence-corrected chi connectivity index (χ0v) is 24.8. The van der Waals surface area contributed by atoms with Crippen LogP contribution in [0, 0.1) is 0 Å². The molecule has 3 atom stereocenters. The van der Waals surface area contributed by atoms with E-state index in [9.17, 15) is 19.5 Å². The first-order chi connectivity index (χ1) is 20.0. The van der Waals surface area contributed by atoms with Crippen LogP contribution in [0.2, 0.25) is 0 Å². The molecule has 0 aliphatic carbocycles. The number of rotatable bonds is 8. The van der Waals surface area contributed by atoms with Crippen LogP contribution in [0.15, 0.2) is 73.1 Å². The molecule has 1 N–H and O–H groups in total. The molecule has 1 aliphatic rings. The molecule has 1 saturated heterocycles. The summed E-state index contributed by atoms with van der Waals surface area (Å²) in [4.78, 5) is 45.6. The summed E-state index contributed by atoms with van der Waals surface area (Å²) in [6.07, 6.45) is 3.69. The quantitative estimate of drug-likeness (QED) is 0.370. The highest BCUT2D eigenvalue weighted by molar-refractivity contribution is 5.94. The molecule has 0 spiro atoms. The number of benzene rings is 2. The molecule has 4 rings (SSSR count). The van der Waals surface area contributed by atoms with E-state index in [0.29, 0.717) is 29.5 Å². The van der Waals surface area contributed by atoms with Crippen LogP contribution in [0.5, 0.6) is 0 Å². The summed E-state index contributed by atoms with van der Waals surface area (Å²) in [5.41, 5.74) is 2.62. The Kier molecular flexibility index (Phi) is 9.63. The molecule has 1 aliphatic heterocycles. The lowest BCUT2D eigenvalue weighted by atomic mass is 10.0. The lowest BCUT2D eigenvalue weighted by Crippen LogP contribution is -2.47. The van der Waals surface area contributed by atoms with Gasteiger partial charge in [-0.1, -0.05) is 42.5 Å². The first-order valence-corrected chi connectivity index (χ1v) is 14.1. The number of hydrogen-bond acceptors (Lipinski definition) is 7. The van der Waals surface area contributed by atoms with Gasteiger partial charge in [0.05, 0.1) is 24.8 Å². The lowest BCUT2D eigenvalue weighted by molar-refractivity contribution is -0.00454. The van der Waals surface area contributed by atoms with Crippen LogP contribution < -0.4 is 0 Å². The molecule has 0 bridgehead atoms. The monoisotopic (exact) mass is 573 g/mol. The predicted octanol–water partition coefficient (Wildman–Crippen LogP) is 5.18. The van der Waals surface area contributed by atoms with Gasteiger partial charge < -0.3 is 19.5 Å². The van der Waals surface area contributed by atoms with Gasteiger partial charge in [-0.15, -0.1) is 0 Å². The van der Waals surface area contributed by atoms with E-state index >= 15 is 0 Å². The number of aromatic nitrogens is 1. The highest BCUT2D eigenvalue weighted by atomic mass is 16.6. The summed E-state index contributed by atoms with van der Waals surface area (Å²) in [6.45, 7) is 5.77. The number of esters is 1. The zero-order chi connectivity index (χ0) is 30.4. The molecule has 0 saturated carbocycles. The van der Waals surface area contributed by atoms with Crippen molar-refractivity contribution in [1.29, 1.82) is 0 Å². The van der Waals surface area contributed by atoms with Crippen molar-refractivity contribution in [2.24, 2.45) is 0 Å². The van der Waals surface area contributed by atoms with E-state index in [4.69, 9.17) is 9.47 Å². The minimum atomic E-state index is -0.831. The normalized spacial score (nSPS) is 17.4. The van der Waals surface area contributed by atoms with Crippen molar-refractivity contribution in [3.63, 3.8) is 0 Å². The third-order valence-electron chi connectivity index (χ3n) is 7.31. The maximum Gasteiger partial charge on any atom is 0.410 e. The Balaban J connectivity index is 1.46. The smallest absolute Gasteiger partial charge is 0.410 e. The van der Waals surface area contributed by atoms with Crippen LogP contribution in [0.4, 0.5) is 4.79 Å². The maximum absolute atomic E-state index is 13.4. The largest absolute Gasteiger partial charge is 0.465 e. The molecule has 0 unspecified atom stereocenters. The van der Waals surface area contributed by atoms with Crippen molar-refractivity contribution in [2.45, 2.75) is 70.4 Å². The second-order valence-electron chi connectivity index (χ2n) is 11.7. The first-order valence-electron chi connectivity index (χ1n) is 14.1. The van der Waals surface area contributed by atoms with Crippen molar-refractivity contribution < 1.29 is 29.0 Å². The second kappa shape index (κ2) is 13.2. The molecule has 42 heavy (non-hydrogen) atoms. The number of likely N-dealkylation sites (tertiary alicyclic amines) is 1. The van der Waals surface area contributed by atoms with Crippen LogP contribution in [-0.2, 0) is 22.4 Å². The van der Waals surface area contributed by atoms with Gasteiger partial charge >= 0.3 is 12.1 Å². The highest BCUT2D eigenvalue weighted by Crippen LogP contribution is 2.36. The molecule has 0 radical (unpaired) electrons. The van der Waals surface area contributed by atoms with Gasteiger partial charge in [0.15, 0.2) is 0 Å². The molecule has 222 valence electrons. The number of pyridine rings is 1. The minimum Gasteiger partial charge on any atom is -0.465 e. The van der Waals surface area contributed by atoms with E-state index in [-0.39, 0.29) is 18.5 Å². The molecule has 9 heteroatoms. The standard InChI is InChI=1S/C33H39N3O6/c1-33(2,3)42-32(40)36-27(15-16-28(36)29(37)24-9-7-6-8-10-24)18-22-11-13-25(14-12-22)30(38)35(4)21-23-17-26(20-34-19-23)31(39)41-5/h6-14,17,19-20,27-29,37H,15-16,18,21H2,1-5H3/t27-,28+,29+/m0/s1. The molecule has 2 heterocycles. The Labute approximate surface area is 247 Å². The maximum atomic E-state index is 13.4. The van der Waals surface area contributed by atoms with Gasteiger partial charge in [-0.05, 0) is 74.9 Å². The number of nitrogens with zero attached hydrogens (tertiary/aromatic N) is 3. The zero-order valence-electron chi connectivity index (χ0n) is 24.8. The summed E-state index contributed by atoms with van der Waals surface area (Å²) < 4.78 is 10.5. The molecule has 1 fully saturated rings. The number of ether oxygens (including phenoxy) is 2. The lowest BCUT2D eigenvalue weighted by Gasteiger charge is -2.35. The van der Waals surface area contributed by atoms with Gasteiger partial charge in [-0.25, -0.2) is 9.59 Å². The van der Waals surface area contributed by atoms with Gasteiger partial charge in [0.2, 0.25) is 0 Å². The van der Waals surface area contributed by atoms with E-state index in [1.807, 2.05) is 63.2 Å². The van der Waals surface area contributed by atoms with Crippen LogP contribution in [0.1, 0.15) is 77.1 Å². The number of methoxy groups -OCH3 is 1. The number of carbonyl (C=O) groups excluding carboxylic acids is 3. The van der Waals surface area contributed by atoms with Crippen LogP contribution in [0.3, 0.4) is 0 Å². The number of aliphatic hydroxyl groups is 1. The summed E-state index contributed by atoms with van der Waals surface area (Å²) in [7, 11) is 3.00. The van der Waals surface area contributed by atoms with Crippen LogP contribution in [-0.4, -0.2) is 69.7 Å². The topological polar surface area (TPSA) is 109 Å². The number of hydrogen-bond donors (Lipinski definition) is 1. The summed E-state index contributed by atoms with van der Waals surface area (Å²) in [5, 5.41) is 11.2. The van der Waals surface area contributed by atoms with Gasteiger partial charge in [-0.2, -0.15) is 0 Å². The second-order valence-corrected chi connectivity index (χ2v) is 11.7. The molecule has 1 aromatic heterocycles. The number of aliphatic hydroxyl groups excluding tert-OH is 1. The number of amides is 2. The Hall–Kier alpha value is -4.24. The number of carbonyl (C=O) groups is 3. The Morgan fingerprint density at radius 2 is 1.69 bits per heavy atom. The van der Waals surface area contributed by atoms with Crippen molar-refractivity contribution >= 4 is 18.0 Å². The van der Waals surface area contributed by atoms with Gasteiger partial charge in [-0.3, -0.25) is 14.7 Å². The first kappa shape index (κ1) is 30.7. The Bertz CT molecular complexity index is 1390. The molecular weight excluding hydrogens is 534 g/mol.